The van der Waals surface area contributed by atoms with E-state index in [1.165, 1.54) is 83.5 Å². The molecule has 1 aromatic carbocycles. The predicted molar refractivity (Wildman–Crippen MR) is 116 cm³/mol. The summed E-state index contributed by atoms with van der Waals surface area (Å²) in [6.07, 6.45) is 19.4. The lowest BCUT2D eigenvalue weighted by Crippen LogP contribution is -2.15. The fourth-order valence-corrected chi connectivity index (χ4v) is 4.45. The number of aromatic carboxylic acids is 1. The van der Waals surface area contributed by atoms with Crippen LogP contribution in [0.15, 0.2) is 24.3 Å². The third-order valence-electron chi connectivity index (χ3n) is 6.31. The molecule has 2 rings (SSSR count). The average molecular weight is 389 g/mol. The highest BCUT2D eigenvalue weighted by molar-refractivity contribution is 5.87. The van der Waals surface area contributed by atoms with Crippen LogP contribution in [0.3, 0.4) is 0 Å². The highest BCUT2D eigenvalue weighted by Crippen LogP contribution is 2.34. The third-order valence-corrected chi connectivity index (χ3v) is 6.31. The largest absolute Gasteiger partial charge is 0.494 e. The highest BCUT2D eigenvalue weighted by Gasteiger charge is 2.20. The van der Waals surface area contributed by atoms with Crippen molar-refractivity contribution in [2.75, 3.05) is 6.61 Å². The second-order valence-electron chi connectivity index (χ2n) is 8.62. The molecule has 1 saturated carbocycles. The molecule has 1 fully saturated rings. The molecule has 0 heterocycles. The van der Waals surface area contributed by atoms with E-state index >= 15 is 0 Å². The maximum absolute atomic E-state index is 10.9. The number of benzene rings is 1. The maximum Gasteiger partial charge on any atom is 0.335 e. The second kappa shape index (κ2) is 13.6. The van der Waals surface area contributed by atoms with E-state index in [0.717, 1.165) is 30.6 Å². The predicted octanol–water partition coefficient (Wildman–Crippen LogP) is 7.49. The molecule has 0 unspecified atom stereocenters. The first-order valence-electron chi connectivity index (χ1n) is 11.6. The van der Waals surface area contributed by atoms with Gasteiger partial charge < -0.3 is 9.84 Å². The van der Waals surface area contributed by atoms with Gasteiger partial charge in [-0.15, -0.1) is 0 Å². The zero-order valence-electron chi connectivity index (χ0n) is 17.8. The Morgan fingerprint density at radius 2 is 1.39 bits per heavy atom. The van der Waals surface area contributed by atoms with Gasteiger partial charge in [0, 0.05) is 0 Å². The number of hydrogen-bond acceptors (Lipinski definition) is 2. The number of ether oxygens (including phenoxy) is 1. The van der Waals surface area contributed by atoms with Crippen LogP contribution in [0.2, 0.25) is 0 Å². The zero-order valence-corrected chi connectivity index (χ0v) is 17.8. The number of carbonyl (C=O) groups is 1. The Morgan fingerprint density at radius 1 is 0.857 bits per heavy atom. The van der Waals surface area contributed by atoms with E-state index in [2.05, 4.69) is 6.92 Å². The van der Waals surface area contributed by atoms with Crippen molar-refractivity contribution < 1.29 is 14.6 Å². The van der Waals surface area contributed by atoms with Crippen molar-refractivity contribution in [3.8, 4) is 5.75 Å². The Kier molecular flexibility index (Phi) is 11.1. The monoisotopic (exact) mass is 388 g/mol. The molecular formula is C25H40O3. The van der Waals surface area contributed by atoms with E-state index in [-0.39, 0.29) is 0 Å². The van der Waals surface area contributed by atoms with Gasteiger partial charge in [-0.2, -0.15) is 0 Å². The molecule has 0 spiro atoms. The molecular weight excluding hydrogens is 348 g/mol. The van der Waals surface area contributed by atoms with E-state index in [1.807, 2.05) is 0 Å². The normalized spacial score (nSPS) is 19.5. The van der Waals surface area contributed by atoms with Gasteiger partial charge >= 0.3 is 5.97 Å². The molecule has 0 aromatic heterocycles. The van der Waals surface area contributed by atoms with E-state index in [1.54, 1.807) is 24.3 Å². The number of hydrogen-bond donors (Lipinski definition) is 1. The van der Waals surface area contributed by atoms with E-state index in [9.17, 15) is 4.79 Å². The lowest BCUT2D eigenvalue weighted by Gasteiger charge is -2.28. The minimum absolute atomic E-state index is 0.306. The molecule has 3 nitrogen and oxygen atoms in total. The van der Waals surface area contributed by atoms with Crippen LogP contribution in [0.4, 0.5) is 0 Å². The van der Waals surface area contributed by atoms with Crippen LogP contribution in [-0.2, 0) is 0 Å². The highest BCUT2D eigenvalue weighted by atomic mass is 16.5. The van der Waals surface area contributed by atoms with Gasteiger partial charge in [-0.25, -0.2) is 4.79 Å². The van der Waals surface area contributed by atoms with Crippen molar-refractivity contribution in [2.45, 2.75) is 96.8 Å². The second-order valence-corrected chi connectivity index (χ2v) is 8.62. The summed E-state index contributed by atoms with van der Waals surface area (Å²) in [6, 6.07) is 6.70. The lowest BCUT2D eigenvalue weighted by atomic mass is 9.78. The van der Waals surface area contributed by atoms with E-state index in [4.69, 9.17) is 9.84 Å². The van der Waals surface area contributed by atoms with Gasteiger partial charge in [0.25, 0.3) is 0 Å². The summed E-state index contributed by atoms with van der Waals surface area (Å²) < 4.78 is 5.76. The number of carboxylic acids is 1. The van der Waals surface area contributed by atoms with Crippen molar-refractivity contribution in [3.05, 3.63) is 29.8 Å². The molecule has 1 aromatic rings. The molecule has 0 saturated heterocycles. The average Bonchev–Trinajstić information content (AvgIpc) is 2.72. The summed E-state index contributed by atoms with van der Waals surface area (Å²) in [4.78, 5) is 10.9. The van der Waals surface area contributed by atoms with Gasteiger partial charge in [0.05, 0.1) is 12.2 Å². The van der Waals surface area contributed by atoms with Crippen molar-refractivity contribution in [1.29, 1.82) is 0 Å². The van der Waals surface area contributed by atoms with Crippen LogP contribution < -0.4 is 4.74 Å². The first-order chi connectivity index (χ1) is 13.7. The van der Waals surface area contributed by atoms with Gasteiger partial charge in [-0.3, -0.25) is 0 Å². The fraction of sp³-hybridized carbons (Fsp3) is 0.720. The van der Waals surface area contributed by atoms with Crippen LogP contribution in [0.25, 0.3) is 0 Å². The first kappa shape index (κ1) is 22.8. The summed E-state index contributed by atoms with van der Waals surface area (Å²) in [5.41, 5.74) is 0.306. The number of carboxylic acid groups (broad SMARTS) is 1. The van der Waals surface area contributed by atoms with Crippen molar-refractivity contribution in [3.63, 3.8) is 0 Å². The maximum atomic E-state index is 10.9. The zero-order chi connectivity index (χ0) is 20.0. The van der Waals surface area contributed by atoms with Crippen molar-refractivity contribution in [1.82, 2.24) is 0 Å². The molecule has 1 aliphatic carbocycles. The summed E-state index contributed by atoms with van der Waals surface area (Å²) in [5, 5.41) is 8.91. The van der Waals surface area contributed by atoms with Gasteiger partial charge in [-0.05, 0) is 48.9 Å². The Hall–Kier alpha value is -1.51. The van der Waals surface area contributed by atoms with Gasteiger partial charge in [-0.1, -0.05) is 84.0 Å². The number of rotatable bonds is 14. The van der Waals surface area contributed by atoms with Crippen LogP contribution in [0.5, 0.6) is 5.75 Å². The smallest absolute Gasteiger partial charge is 0.335 e. The summed E-state index contributed by atoms with van der Waals surface area (Å²) in [7, 11) is 0. The topological polar surface area (TPSA) is 46.5 Å². The summed E-state index contributed by atoms with van der Waals surface area (Å²) in [6.45, 7) is 3.01. The number of unbranched alkanes of at least 4 members (excludes halogenated alkanes) is 6. The van der Waals surface area contributed by atoms with Gasteiger partial charge in [0.1, 0.15) is 5.75 Å². The Balaban J connectivity index is 1.47. The molecule has 0 aliphatic heterocycles. The van der Waals surface area contributed by atoms with Crippen LogP contribution in [0, 0.1) is 11.8 Å². The van der Waals surface area contributed by atoms with Gasteiger partial charge in [0.2, 0.25) is 0 Å². The SMILES string of the molecule is CCCCCCCCCC1CCC(CCCOc2ccc(C(=O)O)cc2)CC1. The quantitative estimate of drug-likeness (QED) is 0.336. The Labute approximate surface area is 171 Å². The third kappa shape index (κ3) is 9.12. The molecule has 28 heavy (non-hydrogen) atoms. The Morgan fingerprint density at radius 3 is 1.96 bits per heavy atom. The summed E-state index contributed by atoms with van der Waals surface area (Å²) >= 11 is 0. The molecule has 0 radical (unpaired) electrons. The molecule has 158 valence electrons. The molecule has 1 N–H and O–H groups in total. The van der Waals surface area contributed by atoms with Crippen LogP contribution in [0.1, 0.15) is 107 Å². The Bertz CT molecular complexity index is 529. The molecule has 0 atom stereocenters. The summed E-state index contributed by atoms with van der Waals surface area (Å²) in [5.74, 6) is 1.73. The molecule has 0 bridgehead atoms. The molecule has 1 aliphatic rings. The minimum atomic E-state index is -0.894. The standard InChI is InChI=1S/C25H40O3/c1-2-3-4-5-6-7-8-10-21-12-14-22(15-13-21)11-9-20-28-24-18-16-23(17-19-24)25(26)27/h16-19,21-22H,2-15,20H2,1H3,(H,26,27). The van der Waals surface area contributed by atoms with E-state index < -0.39 is 5.97 Å². The van der Waals surface area contributed by atoms with Gasteiger partial charge in [0.15, 0.2) is 0 Å². The van der Waals surface area contributed by atoms with E-state index in [0.29, 0.717) is 5.56 Å². The minimum Gasteiger partial charge on any atom is -0.494 e. The first-order valence-corrected chi connectivity index (χ1v) is 11.6. The lowest BCUT2D eigenvalue weighted by molar-refractivity contribution is 0.0697. The van der Waals surface area contributed by atoms with Crippen LogP contribution in [-0.4, -0.2) is 17.7 Å². The van der Waals surface area contributed by atoms with Crippen molar-refractivity contribution in [2.24, 2.45) is 11.8 Å². The fourth-order valence-electron chi connectivity index (χ4n) is 4.45. The molecule has 0 amide bonds. The molecule has 3 heteroatoms. The van der Waals surface area contributed by atoms with Crippen molar-refractivity contribution >= 4 is 5.97 Å². The van der Waals surface area contributed by atoms with Crippen LogP contribution >= 0.6 is 0 Å².